The topological polar surface area (TPSA) is 0 Å². The number of halogens is 4. The third-order valence-corrected chi connectivity index (χ3v) is 2.13. The normalized spacial score (nSPS) is 15.5. The first-order chi connectivity index (χ1) is 4.81. The van der Waals surface area contributed by atoms with Crippen LogP contribution in [0.25, 0.3) is 0 Å². The first-order valence-corrected chi connectivity index (χ1v) is 4.76. The standard InChI is InChI=1S/C7H12F3I/c1-5(2)3-6(11)4-7(8,9)10/h5-6H,3-4H2,1-2H3. The van der Waals surface area contributed by atoms with Crippen LogP contribution in [-0.4, -0.2) is 10.1 Å². The zero-order valence-corrected chi connectivity index (χ0v) is 8.74. The quantitative estimate of drug-likeness (QED) is 0.545. The molecule has 68 valence electrons. The largest absolute Gasteiger partial charge is 0.390 e. The van der Waals surface area contributed by atoms with E-state index in [0.717, 1.165) is 0 Å². The van der Waals surface area contributed by atoms with Crippen LogP contribution in [0.4, 0.5) is 13.2 Å². The van der Waals surface area contributed by atoms with E-state index in [1.165, 1.54) is 0 Å². The van der Waals surface area contributed by atoms with Crippen molar-refractivity contribution in [2.75, 3.05) is 0 Å². The van der Waals surface area contributed by atoms with E-state index >= 15 is 0 Å². The summed E-state index contributed by atoms with van der Waals surface area (Å²) in [7, 11) is 0. The number of rotatable bonds is 3. The Morgan fingerprint density at radius 3 is 2.00 bits per heavy atom. The molecule has 1 unspecified atom stereocenters. The first-order valence-electron chi connectivity index (χ1n) is 3.52. The Hall–Kier alpha value is 0.520. The lowest BCUT2D eigenvalue weighted by atomic mass is 10.1. The van der Waals surface area contributed by atoms with Crippen LogP contribution in [0.5, 0.6) is 0 Å². The van der Waals surface area contributed by atoms with Gasteiger partial charge in [-0.15, -0.1) is 0 Å². The minimum absolute atomic E-state index is 0.271. The second-order valence-electron chi connectivity index (χ2n) is 3.05. The molecule has 1 atom stereocenters. The average Bonchev–Trinajstić information content (AvgIpc) is 1.53. The third-order valence-electron chi connectivity index (χ3n) is 1.18. The molecule has 0 rings (SSSR count). The van der Waals surface area contributed by atoms with Crippen LogP contribution >= 0.6 is 22.6 Å². The van der Waals surface area contributed by atoms with E-state index in [4.69, 9.17) is 0 Å². The van der Waals surface area contributed by atoms with Crippen molar-refractivity contribution in [3.05, 3.63) is 0 Å². The van der Waals surface area contributed by atoms with Gasteiger partial charge in [-0.05, 0) is 12.3 Å². The fourth-order valence-corrected chi connectivity index (χ4v) is 2.36. The summed E-state index contributed by atoms with van der Waals surface area (Å²) in [6.07, 6.45) is -4.02. The molecule has 0 spiro atoms. The van der Waals surface area contributed by atoms with E-state index in [1.54, 1.807) is 0 Å². The van der Waals surface area contributed by atoms with Crippen molar-refractivity contribution in [3.63, 3.8) is 0 Å². The molecule has 0 heterocycles. The summed E-state index contributed by atoms with van der Waals surface area (Å²) in [5, 5.41) is 0. The van der Waals surface area contributed by atoms with Crippen molar-refractivity contribution in [2.45, 2.75) is 36.8 Å². The lowest BCUT2D eigenvalue weighted by Crippen LogP contribution is -2.16. The molecule has 0 amide bonds. The highest BCUT2D eigenvalue weighted by Crippen LogP contribution is 2.28. The summed E-state index contributed by atoms with van der Waals surface area (Å²) < 4.78 is 35.0. The Kier molecular flexibility index (Phi) is 4.74. The molecule has 0 aliphatic carbocycles. The molecule has 0 aromatic heterocycles. The predicted molar refractivity (Wildman–Crippen MR) is 47.9 cm³/mol. The van der Waals surface area contributed by atoms with Crippen LogP contribution in [0, 0.1) is 5.92 Å². The zero-order valence-electron chi connectivity index (χ0n) is 6.58. The molecule has 0 aromatic rings. The monoisotopic (exact) mass is 280 g/mol. The van der Waals surface area contributed by atoms with E-state index < -0.39 is 12.6 Å². The molecule has 0 fully saturated rings. The predicted octanol–water partition coefficient (Wildman–Crippen LogP) is 3.79. The fraction of sp³-hybridized carbons (Fsp3) is 1.00. The summed E-state index contributed by atoms with van der Waals surface area (Å²) >= 11 is 1.86. The van der Waals surface area contributed by atoms with Gasteiger partial charge in [-0.1, -0.05) is 36.4 Å². The molecule has 0 bridgehead atoms. The van der Waals surface area contributed by atoms with Crippen molar-refractivity contribution < 1.29 is 13.2 Å². The highest BCUT2D eigenvalue weighted by molar-refractivity contribution is 14.1. The zero-order chi connectivity index (χ0) is 9.07. The molecule has 0 nitrogen and oxygen atoms in total. The Bertz CT molecular complexity index is 109. The van der Waals surface area contributed by atoms with Crippen molar-refractivity contribution in [3.8, 4) is 0 Å². The Labute approximate surface area is 78.7 Å². The molecule has 0 aliphatic heterocycles. The Balaban J connectivity index is 3.61. The van der Waals surface area contributed by atoms with Crippen molar-refractivity contribution in [1.29, 1.82) is 0 Å². The molecule has 0 saturated heterocycles. The maximum absolute atomic E-state index is 11.8. The van der Waals surface area contributed by atoms with Crippen LogP contribution < -0.4 is 0 Å². The lowest BCUT2D eigenvalue weighted by Gasteiger charge is -2.13. The maximum atomic E-state index is 11.8. The van der Waals surface area contributed by atoms with Crippen LogP contribution in [-0.2, 0) is 0 Å². The van der Waals surface area contributed by atoms with Crippen molar-refractivity contribution in [1.82, 2.24) is 0 Å². The van der Waals surface area contributed by atoms with Gasteiger partial charge in [0.2, 0.25) is 0 Å². The van der Waals surface area contributed by atoms with Gasteiger partial charge in [0.1, 0.15) is 0 Å². The van der Waals surface area contributed by atoms with Crippen LogP contribution in [0.2, 0.25) is 0 Å². The van der Waals surface area contributed by atoms with E-state index in [0.29, 0.717) is 12.3 Å². The van der Waals surface area contributed by atoms with Gasteiger partial charge in [0.05, 0.1) is 6.42 Å². The molecule has 4 heteroatoms. The molecule has 0 N–H and O–H groups in total. The summed E-state index contributed by atoms with van der Waals surface area (Å²) in [6.45, 7) is 3.87. The smallest absolute Gasteiger partial charge is 0.171 e. The highest BCUT2D eigenvalue weighted by atomic mass is 127. The minimum Gasteiger partial charge on any atom is -0.171 e. The number of hydrogen-bond donors (Lipinski definition) is 0. The number of hydrogen-bond acceptors (Lipinski definition) is 0. The molecule has 0 radical (unpaired) electrons. The summed E-state index contributed by atoms with van der Waals surface area (Å²) in [6, 6.07) is 0. The first kappa shape index (κ1) is 11.5. The summed E-state index contributed by atoms with van der Waals surface area (Å²) in [5.74, 6) is 0.347. The van der Waals surface area contributed by atoms with E-state index in [1.807, 2.05) is 36.4 Å². The third kappa shape index (κ3) is 8.43. The van der Waals surface area contributed by atoms with Gasteiger partial charge in [0.15, 0.2) is 0 Å². The van der Waals surface area contributed by atoms with Crippen LogP contribution in [0.3, 0.4) is 0 Å². The minimum atomic E-state index is -4.00. The highest BCUT2D eigenvalue weighted by Gasteiger charge is 2.30. The Morgan fingerprint density at radius 1 is 1.27 bits per heavy atom. The Morgan fingerprint density at radius 2 is 1.73 bits per heavy atom. The molecule has 11 heavy (non-hydrogen) atoms. The fourth-order valence-electron chi connectivity index (χ4n) is 0.846. The van der Waals surface area contributed by atoms with Gasteiger partial charge in [0.25, 0.3) is 0 Å². The van der Waals surface area contributed by atoms with Gasteiger partial charge in [-0.2, -0.15) is 13.2 Å². The lowest BCUT2D eigenvalue weighted by molar-refractivity contribution is -0.133. The SMILES string of the molecule is CC(C)CC(I)CC(F)(F)F. The van der Waals surface area contributed by atoms with Gasteiger partial charge in [0, 0.05) is 3.92 Å². The van der Waals surface area contributed by atoms with Gasteiger partial charge in [-0.3, -0.25) is 0 Å². The van der Waals surface area contributed by atoms with Crippen LogP contribution in [0.1, 0.15) is 26.7 Å². The average molecular weight is 280 g/mol. The molecular formula is C7H12F3I. The second-order valence-corrected chi connectivity index (χ2v) is 4.81. The molecular weight excluding hydrogens is 268 g/mol. The van der Waals surface area contributed by atoms with E-state index in [-0.39, 0.29) is 3.92 Å². The van der Waals surface area contributed by atoms with Gasteiger partial charge >= 0.3 is 6.18 Å². The van der Waals surface area contributed by atoms with Crippen molar-refractivity contribution >= 4 is 22.6 Å². The molecule has 0 saturated carbocycles. The van der Waals surface area contributed by atoms with Gasteiger partial charge < -0.3 is 0 Å². The summed E-state index contributed by atoms with van der Waals surface area (Å²) in [4.78, 5) is 0. The molecule has 0 aliphatic rings. The molecule has 0 aromatic carbocycles. The van der Waals surface area contributed by atoms with Gasteiger partial charge in [-0.25, -0.2) is 0 Å². The van der Waals surface area contributed by atoms with Crippen LogP contribution in [0.15, 0.2) is 0 Å². The summed E-state index contributed by atoms with van der Waals surface area (Å²) in [5.41, 5.74) is 0. The van der Waals surface area contributed by atoms with E-state index in [9.17, 15) is 13.2 Å². The maximum Gasteiger partial charge on any atom is 0.390 e. The number of alkyl halides is 4. The van der Waals surface area contributed by atoms with E-state index in [2.05, 4.69) is 0 Å². The second kappa shape index (κ2) is 4.52. The van der Waals surface area contributed by atoms with Crippen molar-refractivity contribution in [2.24, 2.45) is 5.92 Å².